The van der Waals surface area contributed by atoms with Crippen LogP contribution >= 0.6 is 0 Å². The van der Waals surface area contributed by atoms with E-state index in [0.717, 1.165) is 6.04 Å². The molecule has 0 N–H and O–H groups in total. The minimum Gasteiger partial charge on any atom is -0.400 e. The summed E-state index contributed by atoms with van der Waals surface area (Å²) >= 11 is 0. The number of unbranched alkanes of at least 4 members (excludes halogenated alkanes) is 17. The van der Waals surface area contributed by atoms with Gasteiger partial charge in [0.2, 0.25) is 0 Å². The van der Waals surface area contributed by atoms with Gasteiger partial charge >= 0.3 is 9.28 Å². The molecule has 166 valence electrons. The molecule has 0 aliphatic rings. The lowest BCUT2D eigenvalue weighted by molar-refractivity contribution is 0.279. The lowest BCUT2D eigenvalue weighted by Crippen LogP contribution is -2.16. The molecule has 0 saturated heterocycles. The zero-order valence-electron chi connectivity index (χ0n) is 19.8. The molecule has 2 nitrogen and oxygen atoms in total. The normalized spacial score (nSPS) is 10.9. The number of hydrogen-bond donors (Lipinski definition) is 0. The van der Waals surface area contributed by atoms with Crippen LogP contribution in [-0.2, 0) is 8.85 Å². The van der Waals surface area contributed by atoms with E-state index in [4.69, 9.17) is 8.85 Å². The average Bonchev–Trinajstić information content (AvgIpc) is 2.69. The lowest BCUT2D eigenvalue weighted by Gasteiger charge is -2.05. The molecule has 0 amide bonds. The molecule has 0 atom stereocenters. The number of rotatable bonds is 20. The molecule has 0 aromatic carbocycles. The van der Waals surface area contributed by atoms with Crippen LogP contribution in [0.5, 0.6) is 0 Å². The fraction of sp³-hybridized carbons (Fsp3) is 1.00. The highest BCUT2D eigenvalue weighted by molar-refractivity contribution is 6.44. The first-order valence-corrected chi connectivity index (χ1v) is 14.1. The first kappa shape index (κ1) is 29.3. The van der Waals surface area contributed by atoms with Gasteiger partial charge in [-0.15, -0.1) is 0 Å². The summed E-state index contributed by atoms with van der Waals surface area (Å²) in [6.07, 6.45) is 26.4. The first-order valence-electron chi connectivity index (χ1n) is 12.3. The van der Waals surface area contributed by atoms with Crippen LogP contribution in [0.4, 0.5) is 0 Å². The Balaban J connectivity index is 0. The summed E-state index contributed by atoms with van der Waals surface area (Å²) in [5.74, 6) is 0. The molecule has 0 aromatic heterocycles. The van der Waals surface area contributed by atoms with E-state index >= 15 is 0 Å². The SMILES string of the molecule is CCCCCCCCCCCCCCCCCCCC.CC[SiH](OC)OC. The molecule has 0 unspecified atom stereocenters. The van der Waals surface area contributed by atoms with E-state index in [9.17, 15) is 0 Å². The molecule has 0 fully saturated rings. The molecule has 0 aliphatic carbocycles. The van der Waals surface area contributed by atoms with E-state index in [1.807, 2.05) is 0 Å². The Hall–Kier alpha value is 0.137. The summed E-state index contributed by atoms with van der Waals surface area (Å²) in [4.78, 5) is 0. The maximum absolute atomic E-state index is 4.97. The van der Waals surface area contributed by atoms with Crippen molar-refractivity contribution in [3.8, 4) is 0 Å². The molecule has 0 spiro atoms. The Morgan fingerprint density at radius 1 is 0.407 bits per heavy atom. The van der Waals surface area contributed by atoms with Crippen molar-refractivity contribution in [1.29, 1.82) is 0 Å². The third-order valence-electron chi connectivity index (χ3n) is 5.32. The smallest absolute Gasteiger partial charge is 0.320 e. The molecular formula is C24H54O2Si. The van der Waals surface area contributed by atoms with Crippen LogP contribution in [0.2, 0.25) is 6.04 Å². The Kier molecular flexibility index (Phi) is 30.8. The van der Waals surface area contributed by atoms with E-state index in [-0.39, 0.29) is 0 Å². The van der Waals surface area contributed by atoms with Gasteiger partial charge in [-0.2, -0.15) is 0 Å². The highest BCUT2D eigenvalue weighted by atomic mass is 28.3. The van der Waals surface area contributed by atoms with Crippen LogP contribution in [0.15, 0.2) is 0 Å². The van der Waals surface area contributed by atoms with Crippen molar-refractivity contribution in [2.45, 2.75) is 142 Å². The average molecular weight is 403 g/mol. The summed E-state index contributed by atoms with van der Waals surface area (Å²) in [6.45, 7) is 6.67. The first-order chi connectivity index (χ1) is 13.3. The second-order valence-corrected chi connectivity index (χ2v) is 10.6. The highest BCUT2D eigenvalue weighted by Crippen LogP contribution is 2.14. The van der Waals surface area contributed by atoms with E-state index in [0.29, 0.717) is 0 Å². The van der Waals surface area contributed by atoms with Gasteiger partial charge in [0.1, 0.15) is 0 Å². The summed E-state index contributed by atoms with van der Waals surface area (Å²) < 4.78 is 9.93. The van der Waals surface area contributed by atoms with E-state index < -0.39 is 9.28 Å². The fourth-order valence-electron chi connectivity index (χ4n) is 3.40. The van der Waals surface area contributed by atoms with Crippen LogP contribution in [0.25, 0.3) is 0 Å². The van der Waals surface area contributed by atoms with Crippen molar-refractivity contribution in [3.63, 3.8) is 0 Å². The van der Waals surface area contributed by atoms with Gasteiger partial charge in [0, 0.05) is 14.2 Å². The van der Waals surface area contributed by atoms with Crippen LogP contribution in [0, 0.1) is 0 Å². The van der Waals surface area contributed by atoms with E-state index in [1.54, 1.807) is 14.2 Å². The highest BCUT2D eigenvalue weighted by Gasteiger charge is 2.02. The standard InChI is InChI=1S/C20H42.C4H12O2Si/c1-3-5-7-9-11-13-15-17-19-20-18-16-14-12-10-8-6-4-2;1-4-7(5-2)6-3/h3-20H2,1-2H3;7H,4H2,1-3H3. The lowest BCUT2D eigenvalue weighted by atomic mass is 10.0. The molecule has 27 heavy (non-hydrogen) atoms. The quantitative estimate of drug-likeness (QED) is 0.150. The second kappa shape index (κ2) is 28.3. The molecule has 0 aromatic rings. The van der Waals surface area contributed by atoms with Crippen molar-refractivity contribution < 1.29 is 8.85 Å². The maximum Gasteiger partial charge on any atom is 0.320 e. The van der Waals surface area contributed by atoms with Crippen molar-refractivity contribution >= 4 is 9.28 Å². The third-order valence-corrected chi connectivity index (χ3v) is 7.03. The van der Waals surface area contributed by atoms with E-state index in [2.05, 4.69) is 20.8 Å². The molecule has 0 rings (SSSR count). The van der Waals surface area contributed by atoms with Crippen LogP contribution in [-0.4, -0.2) is 23.5 Å². The summed E-state index contributed by atoms with van der Waals surface area (Å²) in [7, 11) is 2.23. The van der Waals surface area contributed by atoms with Crippen molar-refractivity contribution in [2.24, 2.45) is 0 Å². The summed E-state index contributed by atoms with van der Waals surface area (Å²) in [5.41, 5.74) is 0. The largest absolute Gasteiger partial charge is 0.400 e. The summed E-state index contributed by atoms with van der Waals surface area (Å²) in [5, 5.41) is 0. The molecule has 0 bridgehead atoms. The van der Waals surface area contributed by atoms with Crippen LogP contribution < -0.4 is 0 Å². The molecule has 3 heteroatoms. The predicted molar refractivity (Wildman–Crippen MR) is 126 cm³/mol. The van der Waals surface area contributed by atoms with Crippen LogP contribution in [0.3, 0.4) is 0 Å². The molecule has 0 aliphatic heterocycles. The molecule has 0 radical (unpaired) electrons. The fourth-order valence-corrected chi connectivity index (χ4v) is 4.26. The van der Waals surface area contributed by atoms with Gasteiger partial charge in [-0.3, -0.25) is 0 Å². The number of hydrogen-bond acceptors (Lipinski definition) is 2. The van der Waals surface area contributed by atoms with Gasteiger partial charge in [0.25, 0.3) is 0 Å². The van der Waals surface area contributed by atoms with Gasteiger partial charge in [-0.25, -0.2) is 0 Å². The maximum atomic E-state index is 4.97. The van der Waals surface area contributed by atoms with Gasteiger partial charge in [0.05, 0.1) is 0 Å². The van der Waals surface area contributed by atoms with Crippen LogP contribution in [0.1, 0.15) is 136 Å². The topological polar surface area (TPSA) is 18.5 Å². The van der Waals surface area contributed by atoms with E-state index in [1.165, 1.54) is 116 Å². The molecular weight excluding hydrogens is 348 g/mol. The zero-order valence-corrected chi connectivity index (χ0v) is 21.0. The minimum absolute atomic E-state index is 1.05. The van der Waals surface area contributed by atoms with Gasteiger partial charge in [-0.1, -0.05) is 136 Å². The monoisotopic (exact) mass is 402 g/mol. The third kappa shape index (κ3) is 28.4. The van der Waals surface area contributed by atoms with Gasteiger partial charge < -0.3 is 8.85 Å². The Morgan fingerprint density at radius 2 is 0.630 bits per heavy atom. The zero-order chi connectivity index (χ0) is 20.4. The minimum atomic E-state index is -1.17. The predicted octanol–water partition coefficient (Wildman–Crippen LogP) is 8.57. The Morgan fingerprint density at radius 3 is 0.741 bits per heavy atom. The summed E-state index contributed by atoms with van der Waals surface area (Å²) in [6, 6.07) is 1.05. The second-order valence-electron chi connectivity index (χ2n) is 7.97. The van der Waals surface area contributed by atoms with Gasteiger partial charge in [-0.05, 0) is 6.04 Å². The van der Waals surface area contributed by atoms with Gasteiger partial charge in [0.15, 0.2) is 0 Å². The Labute approximate surface area is 175 Å². The Bertz CT molecular complexity index is 209. The van der Waals surface area contributed by atoms with Crippen molar-refractivity contribution in [3.05, 3.63) is 0 Å². The molecule has 0 heterocycles. The molecule has 0 saturated carbocycles. The van der Waals surface area contributed by atoms with Crippen molar-refractivity contribution in [1.82, 2.24) is 0 Å². The van der Waals surface area contributed by atoms with Crippen molar-refractivity contribution in [2.75, 3.05) is 14.2 Å².